The topological polar surface area (TPSA) is 65.1 Å². The molecule has 0 aliphatic carbocycles. The van der Waals surface area contributed by atoms with Crippen LogP contribution < -0.4 is 10.2 Å². The van der Waals surface area contributed by atoms with Gasteiger partial charge in [-0.2, -0.15) is 0 Å². The van der Waals surface area contributed by atoms with Gasteiger partial charge < -0.3 is 15.0 Å². The number of piperidine rings is 1. The third kappa shape index (κ3) is 6.11. The van der Waals surface area contributed by atoms with Gasteiger partial charge in [0.1, 0.15) is 6.10 Å². The molecule has 9 heteroatoms. The predicted octanol–water partition coefficient (Wildman–Crippen LogP) is 1.80. The Morgan fingerprint density at radius 1 is 1.10 bits per heavy atom. The molecule has 1 amide bonds. The summed E-state index contributed by atoms with van der Waals surface area (Å²) < 4.78 is 5.75. The summed E-state index contributed by atoms with van der Waals surface area (Å²) in [7, 11) is 1.83. The van der Waals surface area contributed by atoms with Gasteiger partial charge in [0.2, 0.25) is 5.91 Å². The largest absolute Gasteiger partial charge is 0.461 e. The van der Waals surface area contributed by atoms with Gasteiger partial charge in [-0.3, -0.25) is 19.4 Å². The van der Waals surface area contributed by atoms with Crippen molar-refractivity contribution in [3.63, 3.8) is 0 Å². The fourth-order valence-corrected chi connectivity index (χ4v) is 4.76. The lowest BCUT2D eigenvalue weighted by molar-refractivity contribution is -0.150. The number of cyclic esters (lactones) is 1. The van der Waals surface area contributed by atoms with E-state index >= 15 is 0 Å². The van der Waals surface area contributed by atoms with Crippen LogP contribution in [0.3, 0.4) is 0 Å². The summed E-state index contributed by atoms with van der Waals surface area (Å²) in [5.41, 5.74) is 0.678. The summed E-state index contributed by atoms with van der Waals surface area (Å²) in [4.78, 5) is 31.3. The second kappa shape index (κ2) is 11.5. The molecule has 1 aromatic carbocycles. The van der Waals surface area contributed by atoms with Crippen LogP contribution in [0.1, 0.15) is 19.3 Å². The highest BCUT2D eigenvalue weighted by atomic mass is 35.5. The van der Waals surface area contributed by atoms with Crippen molar-refractivity contribution in [3.05, 3.63) is 30.3 Å². The number of hydrogen-bond donors (Lipinski definition) is 1. The molecule has 4 rings (SSSR count). The van der Waals surface area contributed by atoms with Crippen LogP contribution in [0.5, 0.6) is 0 Å². The third-order valence-electron chi connectivity index (χ3n) is 6.69. The van der Waals surface area contributed by atoms with Crippen LogP contribution in [0.15, 0.2) is 30.3 Å². The second-order valence-corrected chi connectivity index (χ2v) is 8.63. The van der Waals surface area contributed by atoms with Crippen LogP contribution in [-0.2, 0) is 14.3 Å². The summed E-state index contributed by atoms with van der Waals surface area (Å²) >= 11 is 0. The Bertz CT molecular complexity index is 723. The van der Waals surface area contributed by atoms with Crippen LogP contribution in [0.25, 0.3) is 0 Å². The summed E-state index contributed by atoms with van der Waals surface area (Å²) in [5, 5.41) is 3.34. The van der Waals surface area contributed by atoms with Gasteiger partial charge in [0, 0.05) is 51.9 Å². The number of esters is 1. The summed E-state index contributed by atoms with van der Waals surface area (Å²) in [5.74, 6) is 0.124. The summed E-state index contributed by atoms with van der Waals surface area (Å²) in [6.45, 7) is 6.61. The van der Waals surface area contributed by atoms with Crippen molar-refractivity contribution in [1.29, 1.82) is 0 Å². The van der Waals surface area contributed by atoms with Gasteiger partial charge in [-0.05, 0) is 38.1 Å². The number of amides is 1. The first kappa shape index (κ1) is 25.9. The van der Waals surface area contributed by atoms with Gasteiger partial charge in [-0.1, -0.05) is 18.2 Å². The Hall–Kier alpha value is -1.38. The number of rotatable bonds is 5. The zero-order valence-electron chi connectivity index (χ0n) is 18.1. The van der Waals surface area contributed by atoms with E-state index in [9.17, 15) is 9.59 Å². The molecule has 3 aliphatic rings. The molecule has 1 spiro atoms. The van der Waals surface area contributed by atoms with Crippen LogP contribution in [0.4, 0.5) is 5.69 Å². The van der Waals surface area contributed by atoms with Crippen molar-refractivity contribution in [2.75, 3.05) is 64.3 Å². The maximum absolute atomic E-state index is 12.6. The van der Waals surface area contributed by atoms with E-state index in [1.54, 1.807) is 4.90 Å². The number of benzene rings is 1. The molecule has 1 N–H and O–H groups in total. The number of anilines is 1. The van der Waals surface area contributed by atoms with Crippen LogP contribution in [0, 0.1) is 5.41 Å². The number of halogens is 2. The summed E-state index contributed by atoms with van der Waals surface area (Å²) in [6.07, 6.45) is 2.66. The Morgan fingerprint density at radius 3 is 2.35 bits per heavy atom. The average molecular weight is 473 g/mol. The number of carbonyl (C=O) groups is 2. The van der Waals surface area contributed by atoms with Crippen LogP contribution >= 0.6 is 24.8 Å². The minimum atomic E-state index is -0.244. The number of hydrogen-bond acceptors (Lipinski definition) is 6. The first-order valence-corrected chi connectivity index (χ1v) is 10.7. The van der Waals surface area contributed by atoms with E-state index in [1.807, 2.05) is 37.4 Å². The molecule has 0 bridgehead atoms. The lowest BCUT2D eigenvalue weighted by Crippen LogP contribution is -2.51. The van der Waals surface area contributed by atoms with Gasteiger partial charge in [-0.15, -0.1) is 24.8 Å². The zero-order valence-corrected chi connectivity index (χ0v) is 19.8. The van der Waals surface area contributed by atoms with Crippen LogP contribution in [0.2, 0.25) is 0 Å². The maximum atomic E-state index is 12.6. The molecular weight excluding hydrogens is 439 g/mol. The molecule has 0 radical (unpaired) electrons. The number of nitrogens with one attached hydrogen (secondary N) is 1. The predicted molar refractivity (Wildman–Crippen MR) is 126 cm³/mol. The van der Waals surface area contributed by atoms with Crippen molar-refractivity contribution in [2.24, 2.45) is 5.41 Å². The minimum absolute atomic E-state index is 0. The molecule has 1 unspecified atom stereocenters. The second-order valence-electron chi connectivity index (χ2n) is 8.63. The molecule has 3 saturated heterocycles. The van der Waals surface area contributed by atoms with Gasteiger partial charge in [0.25, 0.3) is 0 Å². The van der Waals surface area contributed by atoms with Gasteiger partial charge >= 0.3 is 5.97 Å². The molecule has 174 valence electrons. The number of nitrogens with zero attached hydrogens (tertiary/aromatic N) is 3. The van der Waals surface area contributed by atoms with Gasteiger partial charge in [0.15, 0.2) is 0 Å². The molecular formula is C22H34Cl2N4O3. The number of likely N-dealkylation sites (N-methyl/N-ethyl adjacent to an activating group) is 1. The highest BCUT2D eigenvalue weighted by Crippen LogP contribution is 2.41. The van der Waals surface area contributed by atoms with Crippen molar-refractivity contribution >= 4 is 42.4 Å². The molecule has 1 aromatic rings. The van der Waals surface area contributed by atoms with E-state index in [0.717, 1.165) is 70.8 Å². The standard InChI is InChI=1S/C22H32N4O3.2ClH/c1-24(18-5-3-2-4-6-18)20(27)17-26-13-11-25(12-14-26)16-19-15-22(21(28)29-19)7-9-23-10-8-22;;/h2-6,19,23H,7-17H2,1H3;2*1H. The van der Waals surface area contributed by atoms with E-state index < -0.39 is 0 Å². The van der Waals surface area contributed by atoms with E-state index in [2.05, 4.69) is 15.1 Å². The van der Waals surface area contributed by atoms with Gasteiger partial charge in [0.05, 0.1) is 12.0 Å². The molecule has 3 heterocycles. The quantitative estimate of drug-likeness (QED) is 0.659. The van der Waals surface area contributed by atoms with E-state index in [-0.39, 0.29) is 48.2 Å². The fourth-order valence-electron chi connectivity index (χ4n) is 4.76. The average Bonchev–Trinajstić information content (AvgIpc) is 3.04. The lowest BCUT2D eigenvalue weighted by Gasteiger charge is -2.36. The highest BCUT2D eigenvalue weighted by Gasteiger charge is 2.49. The number of para-hydroxylation sites is 1. The Balaban J connectivity index is 0.00000171. The molecule has 3 fully saturated rings. The Labute approximate surface area is 197 Å². The smallest absolute Gasteiger partial charge is 0.312 e. The monoisotopic (exact) mass is 472 g/mol. The minimum Gasteiger partial charge on any atom is -0.461 e. The number of ether oxygens (including phenoxy) is 1. The third-order valence-corrected chi connectivity index (χ3v) is 6.69. The van der Waals surface area contributed by atoms with Crippen molar-refractivity contribution in [1.82, 2.24) is 15.1 Å². The van der Waals surface area contributed by atoms with Crippen molar-refractivity contribution in [2.45, 2.75) is 25.4 Å². The first-order chi connectivity index (χ1) is 14.1. The fraction of sp³-hybridized carbons (Fsp3) is 0.636. The van der Waals surface area contributed by atoms with Crippen molar-refractivity contribution in [3.8, 4) is 0 Å². The highest BCUT2D eigenvalue weighted by molar-refractivity contribution is 5.94. The maximum Gasteiger partial charge on any atom is 0.312 e. The number of carbonyl (C=O) groups excluding carboxylic acids is 2. The normalized spacial score (nSPS) is 23.5. The van der Waals surface area contributed by atoms with Crippen LogP contribution in [-0.4, -0.2) is 87.2 Å². The Morgan fingerprint density at radius 2 is 1.71 bits per heavy atom. The SMILES string of the molecule is CN(C(=O)CN1CCN(CC2CC3(CCNCC3)C(=O)O2)CC1)c1ccccc1.Cl.Cl. The summed E-state index contributed by atoms with van der Waals surface area (Å²) in [6, 6.07) is 9.75. The Kier molecular flexibility index (Phi) is 9.58. The molecule has 3 aliphatic heterocycles. The molecule has 0 aromatic heterocycles. The molecule has 31 heavy (non-hydrogen) atoms. The molecule has 0 saturated carbocycles. The van der Waals surface area contributed by atoms with E-state index in [4.69, 9.17) is 4.74 Å². The molecule has 1 atom stereocenters. The van der Waals surface area contributed by atoms with Crippen molar-refractivity contribution < 1.29 is 14.3 Å². The van der Waals surface area contributed by atoms with Gasteiger partial charge in [-0.25, -0.2) is 0 Å². The molecule has 7 nitrogen and oxygen atoms in total. The zero-order chi connectivity index (χ0) is 20.3. The number of piperazine rings is 1. The lowest BCUT2D eigenvalue weighted by atomic mass is 9.76. The van der Waals surface area contributed by atoms with E-state index in [1.165, 1.54) is 0 Å². The van der Waals surface area contributed by atoms with E-state index in [0.29, 0.717) is 6.54 Å². The first-order valence-electron chi connectivity index (χ1n) is 10.7.